The molecule has 12 heteroatoms. The van der Waals surface area contributed by atoms with Crippen LogP contribution in [0.4, 0.5) is 15.3 Å². The Bertz CT molecular complexity index is 1680. The van der Waals surface area contributed by atoms with Crippen molar-refractivity contribution in [1.29, 1.82) is 0 Å². The van der Waals surface area contributed by atoms with Gasteiger partial charge in [0.15, 0.2) is 0 Å². The molecule has 0 aliphatic heterocycles. The number of aromatic amines is 1. The van der Waals surface area contributed by atoms with E-state index in [0.29, 0.717) is 36.3 Å². The lowest BCUT2D eigenvalue weighted by atomic mass is 10.1. The summed E-state index contributed by atoms with van der Waals surface area (Å²) in [6, 6.07) is 26.7. The molecule has 3 amide bonds. The number of carboxylic acids is 1. The first-order valence-corrected chi connectivity index (χ1v) is 14.6. The van der Waals surface area contributed by atoms with E-state index >= 15 is 0 Å². The van der Waals surface area contributed by atoms with Crippen LogP contribution in [0.2, 0.25) is 0 Å². The fourth-order valence-electron chi connectivity index (χ4n) is 4.39. The lowest BCUT2D eigenvalue weighted by molar-refractivity contribution is -0.118. The number of aromatic nitrogens is 1. The van der Waals surface area contributed by atoms with Crippen molar-refractivity contribution >= 4 is 29.8 Å². The van der Waals surface area contributed by atoms with Crippen molar-refractivity contribution in [3.63, 3.8) is 0 Å². The van der Waals surface area contributed by atoms with Gasteiger partial charge < -0.3 is 35.5 Å². The number of benzene rings is 3. The number of alkyl carbamates (subject to hydrolysis) is 2. The lowest BCUT2D eigenvalue weighted by Crippen LogP contribution is -2.44. The molecule has 238 valence electrons. The van der Waals surface area contributed by atoms with Crippen LogP contribution in [0.1, 0.15) is 40.7 Å². The van der Waals surface area contributed by atoms with Gasteiger partial charge in [-0.1, -0.05) is 72.8 Å². The number of unbranched alkanes of at least 4 members (excludes halogenated alkanes) is 1. The number of hydrogen-bond acceptors (Lipinski definition) is 7. The summed E-state index contributed by atoms with van der Waals surface area (Å²) in [4.78, 5) is 63.5. The molecule has 0 aliphatic carbocycles. The van der Waals surface area contributed by atoms with E-state index in [1.54, 1.807) is 24.3 Å². The highest BCUT2D eigenvalue weighted by molar-refractivity contribution is 5.96. The molecule has 0 saturated carbocycles. The molecule has 0 aliphatic rings. The molecule has 46 heavy (non-hydrogen) atoms. The third-order valence-electron chi connectivity index (χ3n) is 6.83. The maximum Gasteiger partial charge on any atom is 0.408 e. The van der Waals surface area contributed by atoms with E-state index in [2.05, 4.69) is 20.9 Å². The second kappa shape index (κ2) is 16.8. The van der Waals surface area contributed by atoms with Gasteiger partial charge in [0.05, 0.1) is 0 Å². The van der Waals surface area contributed by atoms with Crippen molar-refractivity contribution in [2.24, 2.45) is 0 Å². The Balaban J connectivity index is 1.31. The summed E-state index contributed by atoms with van der Waals surface area (Å²) in [5, 5.41) is 17.2. The molecule has 0 spiro atoms. The quantitative estimate of drug-likeness (QED) is 0.121. The van der Waals surface area contributed by atoms with Crippen molar-refractivity contribution in [1.82, 2.24) is 15.6 Å². The number of H-pyrrole nitrogens is 1. The molecule has 1 aromatic heterocycles. The molecule has 1 heterocycles. The summed E-state index contributed by atoms with van der Waals surface area (Å²) in [6.45, 7) is 0.504. The number of aromatic carboxylic acids is 1. The Morgan fingerprint density at radius 2 is 1.35 bits per heavy atom. The van der Waals surface area contributed by atoms with Gasteiger partial charge in [-0.3, -0.25) is 9.59 Å². The fourth-order valence-corrected chi connectivity index (χ4v) is 4.39. The predicted molar refractivity (Wildman–Crippen MR) is 170 cm³/mol. The van der Waals surface area contributed by atoms with Crippen LogP contribution < -0.4 is 21.5 Å². The Morgan fingerprint density at radius 3 is 1.93 bits per heavy atom. The molecule has 0 unspecified atom stereocenters. The van der Waals surface area contributed by atoms with E-state index in [1.807, 2.05) is 60.7 Å². The number of nitrogens with one attached hydrogen (secondary N) is 4. The summed E-state index contributed by atoms with van der Waals surface area (Å²) in [7, 11) is 0. The SMILES string of the molecule is O=C(NCCCC[C@H](NC(=O)OCc1ccccc1)C(=O)Nc1ccc(-c2ccc(C(=O)O)c(=O)[nH]2)cc1)OCc1ccccc1. The van der Waals surface area contributed by atoms with Gasteiger partial charge in [0.2, 0.25) is 5.91 Å². The number of rotatable bonds is 14. The highest BCUT2D eigenvalue weighted by atomic mass is 16.6. The largest absolute Gasteiger partial charge is 0.477 e. The first-order valence-electron chi connectivity index (χ1n) is 14.6. The van der Waals surface area contributed by atoms with Gasteiger partial charge in [0, 0.05) is 17.9 Å². The molecule has 0 radical (unpaired) electrons. The monoisotopic (exact) mass is 626 g/mol. The number of carboxylic acid groups (broad SMARTS) is 1. The Labute approximate surface area is 264 Å². The van der Waals surface area contributed by atoms with E-state index in [-0.39, 0.29) is 25.2 Å². The van der Waals surface area contributed by atoms with Crippen LogP contribution in [0.25, 0.3) is 11.3 Å². The van der Waals surface area contributed by atoms with Crippen LogP contribution in [0.15, 0.2) is 102 Å². The fraction of sp³-hybridized carbons (Fsp3) is 0.206. The van der Waals surface area contributed by atoms with Gasteiger partial charge in [-0.15, -0.1) is 0 Å². The summed E-state index contributed by atoms with van der Waals surface area (Å²) in [5.41, 5.74) is 2.01. The Hall–Kier alpha value is -5.91. The second-order valence-corrected chi connectivity index (χ2v) is 10.2. The lowest BCUT2D eigenvalue weighted by Gasteiger charge is -2.19. The third-order valence-corrected chi connectivity index (χ3v) is 6.83. The van der Waals surface area contributed by atoms with Crippen LogP contribution in [-0.4, -0.2) is 46.7 Å². The Kier molecular flexibility index (Phi) is 12.1. The molecule has 4 aromatic rings. The summed E-state index contributed by atoms with van der Waals surface area (Å²) >= 11 is 0. The van der Waals surface area contributed by atoms with Crippen LogP contribution in [-0.2, 0) is 27.5 Å². The van der Waals surface area contributed by atoms with E-state index in [0.717, 1.165) is 11.1 Å². The van der Waals surface area contributed by atoms with E-state index in [4.69, 9.17) is 14.6 Å². The highest BCUT2D eigenvalue weighted by Gasteiger charge is 2.22. The first-order chi connectivity index (χ1) is 22.3. The number of anilines is 1. The number of amides is 3. The third kappa shape index (κ3) is 10.4. The zero-order valence-electron chi connectivity index (χ0n) is 24.9. The van der Waals surface area contributed by atoms with Crippen molar-refractivity contribution in [2.75, 3.05) is 11.9 Å². The zero-order chi connectivity index (χ0) is 32.7. The van der Waals surface area contributed by atoms with E-state index in [1.165, 1.54) is 12.1 Å². The topological polar surface area (TPSA) is 176 Å². The van der Waals surface area contributed by atoms with Crippen LogP contribution >= 0.6 is 0 Å². The van der Waals surface area contributed by atoms with E-state index < -0.39 is 35.7 Å². The van der Waals surface area contributed by atoms with Gasteiger partial charge >= 0.3 is 18.2 Å². The molecule has 0 saturated heterocycles. The normalized spacial score (nSPS) is 11.1. The molecule has 1 atom stereocenters. The minimum atomic E-state index is -1.32. The van der Waals surface area contributed by atoms with E-state index in [9.17, 15) is 24.0 Å². The zero-order valence-corrected chi connectivity index (χ0v) is 24.9. The summed E-state index contributed by atoms with van der Waals surface area (Å²) < 4.78 is 10.5. The molecule has 3 aromatic carbocycles. The van der Waals surface area contributed by atoms with Crippen molar-refractivity contribution in [2.45, 2.75) is 38.5 Å². The maximum atomic E-state index is 13.2. The molecule has 12 nitrogen and oxygen atoms in total. The summed E-state index contributed by atoms with van der Waals surface area (Å²) in [6.07, 6.45) is -0.0167. The number of ether oxygens (including phenoxy) is 2. The minimum absolute atomic E-state index is 0.0347. The average Bonchev–Trinajstić information content (AvgIpc) is 3.06. The number of carbonyl (C=O) groups is 4. The number of carbonyl (C=O) groups excluding carboxylic acids is 3. The second-order valence-electron chi connectivity index (χ2n) is 10.2. The smallest absolute Gasteiger partial charge is 0.408 e. The molecule has 5 N–H and O–H groups in total. The van der Waals surface area contributed by atoms with Gasteiger partial charge in [-0.05, 0) is 60.2 Å². The highest BCUT2D eigenvalue weighted by Crippen LogP contribution is 2.19. The van der Waals surface area contributed by atoms with Crippen molar-refractivity contribution in [3.8, 4) is 11.3 Å². The van der Waals surface area contributed by atoms with Crippen molar-refractivity contribution < 1.29 is 33.8 Å². The van der Waals surface area contributed by atoms with Crippen LogP contribution in [0.5, 0.6) is 0 Å². The predicted octanol–water partition coefficient (Wildman–Crippen LogP) is 5.07. The average molecular weight is 627 g/mol. The van der Waals surface area contributed by atoms with Gasteiger partial charge in [-0.2, -0.15) is 0 Å². The molecule has 4 rings (SSSR count). The maximum absolute atomic E-state index is 13.2. The molecule has 0 fully saturated rings. The molecular formula is C34H34N4O8. The van der Waals surface area contributed by atoms with Crippen LogP contribution in [0.3, 0.4) is 0 Å². The molecule has 0 bridgehead atoms. The number of pyridine rings is 1. The van der Waals surface area contributed by atoms with Gasteiger partial charge in [-0.25, -0.2) is 14.4 Å². The Morgan fingerprint density at radius 1 is 0.739 bits per heavy atom. The van der Waals surface area contributed by atoms with Crippen LogP contribution in [0, 0.1) is 0 Å². The first kappa shape index (κ1) is 33.0. The van der Waals surface area contributed by atoms with Gasteiger partial charge in [0.25, 0.3) is 5.56 Å². The minimum Gasteiger partial charge on any atom is -0.477 e. The molecular weight excluding hydrogens is 592 g/mol. The standard InChI is InChI=1S/C34H34N4O8/c39-30-27(32(41)42)18-19-28(37-30)25-14-16-26(17-15-25)36-31(40)29(38-34(44)46-22-24-11-5-2-6-12-24)13-7-8-20-35-33(43)45-21-23-9-3-1-4-10-23/h1-6,9-12,14-19,29H,7-8,13,20-22H2,(H,35,43)(H,36,40)(H,37,39)(H,38,44)(H,41,42)/t29-/m0/s1. The summed E-state index contributed by atoms with van der Waals surface area (Å²) in [5.74, 6) is -1.80. The van der Waals surface area contributed by atoms with Gasteiger partial charge in [0.1, 0.15) is 24.8 Å². The number of hydrogen-bond donors (Lipinski definition) is 5. The van der Waals surface area contributed by atoms with Crippen molar-refractivity contribution in [3.05, 3.63) is 124 Å².